The molecule has 132 valence electrons. The van der Waals surface area contributed by atoms with E-state index < -0.39 is 16.7 Å². The van der Waals surface area contributed by atoms with Gasteiger partial charge in [-0.25, -0.2) is 0 Å². The lowest BCUT2D eigenvalue weighted by atomic mass is 10.1. The number of benzene rings is 2. The third-order valence-corrected chi connectivity index (χ3v) is 3.88. The Bertz CT molecular complexity index is 761. The van der Waals surface area contributed by atoms with Crippen LogP contribution in [0, 0.1) is 10.1 Å². The minimum atomic E-state index is -4.37. The number of nitro benzene ring substituents is 1. The molecule has 0 aliphatic carbocycles. The van der Waals surface area contributed by atoms with E-state index in [0.717, 1.165) is 12.1 Å². The maximum atomic E-state index is 12.5. The third kappa shape index (κ3) is 4.15. The molecule has 1 heterocycles. The minimum Gasteiger partial charge on any atom is -0.374 e. The van der Waals surface area contributed by atoms with Crippen molar-refractivity contribution in [3.63, 3.8) is 0 Å². The SMILES string of the molecule is O=[N+]([O-])c1ccccc1COC[C@@H]1O[C@@H]1c1ccc(C(F)(F)F)cc1. The van der Waals surface area contributed by atoms with Crippen molar-refractivity contribution in [3.8, 4) is 0 Å². The number of para-hydroxylation sites is 1. The van der Waals surface area contributed by atoms with Crippen LogP contribution in [0.15, 0.2) is 48.5 Å². The first-order chi connectivity index (χ1) is 11.9. The van der Waals surface area contributed by atoms with Crippen molar-refractivity contribution in [3.05, 3.63) is 75.3 Å². The summed E-state index contributed by atoms with van der Waals surface area (Å²) in [5.41, 5.74) is 0.381. The van der Waals surface area contributed by atoms with E-state index in [4.69, 9.17) is 9.47 Å². The number of ether oxygens (including phenoxy) is 2. The summed E-state index contributed by atoms with van der Waals surface area (Å²) in [6.07, 6.45) is -4.94. The lowest BCUT2D eigenvalue weighted by Crippen LogP contribution is -2.06. The summed E-state index contributed by atoms with van der Waals surface area (Å²) in [4.78, 5) is 10.4. The molecule has 3 rings (SSSR count). The second kappa shape index (κ2) is 6.81. The van der Waals surface area contributed by atoms with Gasteiger partial charge in [-0.2, -0.15) is 13.2 Å². The fourth-order valence-corrected chi connectivity index (χ4v) is 2.52. The second-order valence-electron chi connectivity index (χ2n) is 5.62. The molecule has 0 N–H and O–H groups in total. The van der Waals surface area contributed by atoms with E-state index in [9.17, 15) is 23.3 Å². The highest BCUT2D eigenvalue weighted by atomic mass is 19.4. The summed E-state index contributed by atoms with van der Waals surface area (Å²) in [5.74, 6) is 0. The summed E-state index contributed by atoms with van der Waals surface area (Å²) >= 11 is 0. The molecule has 5 nitrogen and oxygen atoms in total. The molecule has 0 aromatic heterocycles. The van der Waals surface area contributed by atoms with E-state index in [1.54, 1.807) is 18.2 Å². The first kappa shape index (κ1) is 17.4. The lowest BCUT2D eigenvalue weighted by Gasteiger charge is -2.06. The van der Waals surface area contributed by atoms with Crippen LogP contribution in [0.1, 0.15) is 22.8 Å². The molecule has 0 spiro atoms. The zero-order chi connectivity index (χ0) is 18.0. The molecule has 2 aromatic carbocycles. The van der Waals surface area contributed by atoms with Gasteiger partial charge < -0.3 is 9.47 Å². The van der Waals surface area contributed by atoms with Crippen LogP contribution in [0.3, 0.4) is 0 Å². The molecular formula is C17H14F3NO4. The minimum absolute atomic E-state index is 0.0153. The van der Waals surface area contributed by atoms with Gasteiger partial charge in [-0.1, -0.05) is 24.3 Å². The standard InChI is InChI=1S/C17H14F3NO4/c18-17(19,20)13-7-5-11(6-8-13)16-15(25-16)10-24-9-12-3-1-2-4-14(12)21(22)23/h1-8,15-16H,9-10H2/t15-,16+/m0/s1. The summed E-state index contributed by atoms with van der Waals surface area (Å²) in [5, 5.41) is 10.9. The van der Waals surface area contributed by atoms with Crippen LogP contribution in [0.4, 0.5) is 18.9 Å². The monoisotopic (exact) mass is 353 g/mol. The summed E-state index contributed by atoms with van der Waals surface area (Å²) < 4.78 is 48.5. The van der Waals surface area contributed by atoms with Crippen molar-refractivity contribution in [2.45, 2.75) is 25.0 Å². The number of halogens is 3. The van der Waals surface area contributed by atoms with Crippen molar-refractivity contribution in [1.29, 1.82) is 0 Å². The van der Waals surface area contributed by atoms with Crippen LogP contribution in [-0.4, -0.2) is 17.6 Å². The average molecular weight is 353 g/mol. The smallest absolute Gasteiger partial charge is 0.374 e. The van der Waals surface area contributed by atoms with E-state index in [-0.39, 0.29) is 31.1 Å². The lowest BCUT2D eigenvalue weighted by molar-refractivity contribution is -0.386. The van der Waals surface area contributed by atoms with Crippen LogP contribution in [0.25, 0.3) is 0 Å². The van der Waals surface area contributed by atoms with Gasteiger partial charge in [0, 0.05) is 6.07 Å². The van der Waals surface area contributed by atoms with Crippen molar-refractivity contribution >= 4 is 5.69 Å². The van der Waals surface area contributed by atoms with Gasteiger partial charge in [0.05, 0.1) is 29.3 Å². The highest BCUT2D eigenvalue weighted by molar-refractivity contribution is 5.39. The maximum absolute atomic E-state index is 12.5. The Balaban J connectivity index is 1.51. The molecule has 2 atom stereocenters. The third-order valence-electron chi connectivity index (χ3n) is 3.88. The first-order valence-electron chi connectivity index (χ1n) is 7.49. The molecule has 1 fully saturated rings. The molecule has 0 bridgehead atoms. The van der Waals surface area contributed by atoms with Crippen LogP contribution < -0.4 is 0 Å². The molecule has 1 aliphatic heterocycles. The second-order valence-corrected chi connectivity index (χ2v) is 5.62. The molecule has 1 aliphatic rings. The quantitative estimate of drug-likeness (QED) is 0.442. The number of hydrogen-bond donors (Lipinski definition) is 0. The average Bonchev–Trinajstić information content (AvgIpc) is 3.34. The van der Waals surface area contributed by atoms with E-state index in [1.165, 1.54) is 18.2 Å². The number of nitrogens with zero attached hydrogens (tertiary/aromatic N) is 1. The molecule has 0 radical (unpaired) electrons. The van der Waals surface area contributed by atoms with E-state index in [2.05, 4.69) is 0 Å². The molecule has 0 saturated carbocycles. The molecule has 1 saturated heterocycles. The number of nitro groups is 1. The fraction of sp³-hybridized carbons (Fsp3) is 0.294. The summed E-state index contributed by atoms with van der Waals surface area (Å²) in [6.45, 7) is 0.272. The Morgan fingerprint density at radius 2 is 1.80 bits per heavy atom. The van der Waals surface area contributed by atoms with Crippen molar-refractivity contribution in [1.82, 2.24) is 0 Å². The van der Waals surface area contributed by atoms with Crippen molar-refractivity contribution in [2.24, 2.45) is 0 Å². The number of epoxide rings is 1. The van der Waals surface area contributed by atoms with Gasteiger partial charge in [-0.15, -0.1) is 0 Å². The van der Waals surface area contributed by atoms with Crippen LogP contribution in [0.2, 0.25) is 0 Å². The topological polar surface area (TPSA) is 64.9 Å². The Hall–Kier alpha value is -2.45. The van der Waals surface area contributed by atoms with E-state index in [0.29, 0.717) is 11.1 Å². The van der Waals surface area contributed by atoms with Crippen LogP contribution >= 0.6 is 0 Å². The molecule has 0 unspecified atom stereocenters. The molecular weight excluding hydrogens is 339 g/mol. The number of alkyl halides is 3. The highest BCUT2D eigenvalue weighted by Crippen LogP contribution is 2.40. The zero-order valence-corrected chi connectivity index (χ0v) is 12.9. The van der Waals surface area contributed by atoms with Crippen LogP contribution in [0.5, 0.6) is 0 Å². The molecule has 8 heteroatoms. The largest absolute Gasteiger partial charge is 0.416 e. The van der Waals surface area contributed by atoms with Gasteiger partial charge in [0.25, 0.3) is 5.69 Å². The fourth-order valence-electron chi connectivity index (χ4n) is 2.52. The Morgan fingerprint density at radius 3 is 2.44 bits per heavy atom. The number of rotatable bonds is 6. The maximum Gasteiger partial charge on any atom is 0.416 e. The van der Waals surface area contributed by atoms with Crippen molar-refractivity contribution in [2.75, 3.05) is 6.61 Å². The van der Waals surface area contributed by atoms with Gasteiger partial charge >= 0.3 is 6.18 Å². The Labute approximate surface area is 141 Å². The zero-order valence-electron chi connectivity index (χ0n) is 12.9. The molecule has 2 aromatic rings. The Kier molecular flexibility index (Phi) is 4.73. The van der Waals surface area contributed by atoms with Crippen LogP contribution in [-0.2, 0) is 22.3 Å². The van der Waals surface area contributed by atoms with Gasteiger partial charge in [-0.3, -0.25) is 10.1 Å². The predicted octanol–water partition coefficient (Wildman–Crippen LogP) is 4.27. The normalized spacial score (nSPS) is 19.6. The van der Waals surface area contributed by atoms with Gasteiger partial charge in [-0.05, 0) is 23.8 Å². The number of hydrogen-bond acceptors (Lipinski definition) is 4. The predicted molar refractivity (Wildman–Crippen MR) is 81.8 cm³/mol. The first-order valence-corrected chi connectivity index (χ1v) is 7.49. The summed E-state index contributed by atoms with van der Waals surface area (Å²) in [6, 6.07) is 11.1. The van der Waals surface area contributed by atoms with Crippen molar-refractivity contribution < 1.29 is 27.6 Å². The molecule has 0 amide bonds. The van der Waals surface area contributed by atoms with Gasteiger partial charge in [0.1, 0.15) is 12.2 Å². The van der Waals surface area contributed by atoms with E-state index in [1.807, 2.05) is 0 Å². The van der Waals surface area contributed by atoms with Gasteiger partial charge in [0.15, 0.2) is 0 Å². The Morgan fingerprint density at radius 1 is 1.12 bits per heavy atom. The summed E-state index contributed by atoms with van der Waals surface area (Å²) in [7, 11) is 0. The van der Waals surface area contributed by atoms with Gasteiger partial charge in [0.2, 0.25) is 0 Å². The molecule has 25 heavy (non-hydrogen) atoms. The highest BCUT2D eigenvalue weighted by Gasteiger charge is 2.41. The van der Waals surface area contributed by atoms with E-state index >= 15 is 0 Å².